The summed E-state index contributed by atoms with van der Waals surface area (Å²) >= 11 is 1.66. The molecule has 4 nitrogen and oxygen atoms in total. The summed E-state index contributed by atoms with van der Waals surface area (Å²) in [7, 11) is 1.95. The Morgan fingerprint density at radius 3 is 2.81 bits per heavy atom. The van der Waals surface area contributed by atoms with Gasteiger partial charge in [-0.2, -0.15) is 0 Å². The van der Waals surface area contributed by atoms with E-state index in [1.807, 2.05) is 54.7 Å². The Morgan fingerprint density at radius 1 is 1.38 bits per heavy atom. The first kappa shape index (κ1) is 15.7. The summed E-state index contributed by atoms with van der Waals surface area (Å²) < 4.78 is 0. The molecule has 0 aromatic carbocycles. The molecule has 0 saturated carbocycles. The molecule has 0 saturated heterocycles. The first-order valence-corrected chi connectivity index (χ1v) is 7.89. The first-order valence-electron chi connectivity index (χ1n) is 7.01. The van der Waals surface area contributed by atoms with Gasteiger partial charge in [0, 0.05) is 23.3 Å². The van der Waals surface area contributed by atoms with Crippen LogP contribution in [0.2, 0.25) is 0 Å². The van der Waals surface area contributed by atoms with Gasteiger partial charge in [-0.25, -0.2) is 0 Å². The second-order valence-electron chi connectivity index (χ2n) is 5.18. The quantitative estimate of drug-likeness (QED) is 0.892. The van der Waals surface area contributed by atoms with Crippen LogP contribution in [0.1, 0.15) is 36.4 Å². The molecule has 0 aliphatic carbocycles. The Kier molecular flexibility index (Phi) is 5.47. The van der Waals surface area contributed by atoms with Gasteiger partial charge in [0.05, 0.1) is 12.6 Å². The van der Waals surface area contributed by atoms with E-state index in [0.717, 1.165) is 5.56 Å². The molecule has 1 amide bonds. The number of aromatic nitrogens is 1. The van der Waals surface area contributed by atoms with Gasteiger partial charge in [0.25, 0.3) is 0 Å². The van der Waals surface area contributed by atoms with Gasteiger partial charge in [0.1, 0.15) is 0 Å². The van der Waals surface area contributed by atoms with Gasteiger partial charge >= 0.3 is 0 Å². The van der Waals surface area contributed by atoms with E-state index in [2.05, 4.69) is 17.2 Å². The minimum atomic E-state index is 0.0362. The fraction of sp³-hybridized carbons (Fsp3) is 0.375. The number of rotatable bonds is 6. The van der Waals surface area contributed by atoms with Crippen molar-refractivity contribution in [3.8, 4) is 0 Å². The molecule has 0 aliphatic heterocycles. The molecule has 0 aliphatic rings. The van der Waals surface area contributed by atoms with E-state index in [-0.39, 0.29) is 18.0 Å². The molecule has 2 aromatic rings. The SMILES string of the molecule is C[C@H](NC(=O)CN(C)[C@@H](C)c1cccnc1)c1cccs1. The lowest BCUT2D eigenvalue weighted by Crippen LogP contribution is -2.37. The molecule has 0 bridgehead atoms. The topological polar surface area (TPSA) is 45.2 Å². The Morgan fingerprint density at radius 2 is 2.19 bits per heavy atom. The summed E-state index contributed by atoms with van der Waals surface area (Å²) in [6, 6.07) is 8.19. The minimum absolute atomic E-state index is 0.0362. The number of nitrogens with one attached hydrogen (secondary N) is 1. The molecule has 2 aromatic heterocycles. The number of hydrogen-bond acceptors (Lipinski definition) is 4. The van der Waals surface area contributed by atoms with Gasteiger partial charge in [-0.3, -0.25) is 14.7 Å². The molecule has 2 heterocycles. The van der Waals surface area contributed by atoms with Crippen LogP contribution in [-0.2, 0) is 4.79 Å². The van der Waals surface area contributed by atoms with Crippen molar-refractivity contribution in [3.05, 3.63) is 52.5 Å². The molecular formula is C16H21N3OS. The number of nitrogens with zero attached hydrogens (tertiary/aromatic N) is 2. The lowest BCUT2D eigenvalue weighted by atomic mass is 10.1. The third-order valence-electron chi connectivity index (χ3n) is 3.57. The van der Waals surface area contributed by atoms with Crippen LogP contribution < -0.4 is 5.32 Å². The van der Waals surface area contributed by atoms with Crippen molar-refractivity contribution < 1.29 is 4.79 Å². The van der Waals surface area contributed by atoms with Gasteiger partial charge in [0.15, 0.2) is 0 Å². The highest BCUT2D eigenvalue weighted by atomic mass is 32.1. The number of amides is 1. The summed E-state index contributed by atoms with van der Waals surface area (Å²) in [4.78, 5) is 19.4. The van der Waals surface area contributed by atoms with Gasteiger partial charge in [0.2, 0.25) is 5.91 Å². The summed E-state index contributed by atoms with van der Waals surface area (Å²) in [5.41, 5.74) is 1.11. The normalized spacial score (nSPS) is 13.9. The maximum atomic E-state index is 12.1. The number of carbonyl (C=O) groups excluding carboxylic acids is 1. The molecule has 112 valence electrons. The van der Waals surface area contributed by atoms with Crippen molar-refractivity contribution in [3.63, 3.8) is 0 Å². The molecule has 0 radical (unpaired) electrons. The molecule has 1 N–H and O–H groups in total. The summed E-state index contributed by atoms with van der Waals surface area (Å²) in [5, 5.41) is 5.06. The van der Waals surface area contributed by atoms with Crippen LogP contribution in [0.15, 0.2) is 42.0 Å². The second kappa shape index (κ2) is 7.33. The van der Waals surface area contributed by atoms with E-state index in [1.165, 1.54) is 4.88 Å². The van der Waals surface area contributed by atoms with Crippen LogP contribution in [0.3, 0.4) is 0 Å². The fourth-order valence-corrected chi connectivity index (χ4v) is 2.87. The second-order valence-corrected chi connectivity index (χ2v) is 6.16. The number of thiophene rings is 1. The Bertz CT molecular complexity index is 556. The zero-order valence-electron chi connectivity index (χ0n) is 12.6. The summed E-state index contributed by atoms with van der Waals surface area (Å²) in [5.74, 6) is 0.0362. The van der Waals surface area contributed by atoms with Crippen LogP contribution in [0.4, 0.5) is 0 Å². The summed E-state index contributed by atoms with van der Waals surface area (Å²) in [6.07, 6.45) is 3.60. The van der Waals surface area contributed by atoms with Gasteiger partial charge in [-0.15, -0.1) is 11.3 Å². The molecule has 5 heteroatoms. The van der Waals surface area contributed by atoms with Crippen molar-refractivity contribution in [1.29, 1.82) is 0 Å². The third-order valence-corrected chi connectivity index (χ3v) is 4.62. The molecule has 0 fully saturated rings. The zero-order chi connectivity index (χ0) is 15.2. The number of likely N-dealkylation sites (N-methyl/N-ethyl adjacent to an activating group) is 1. The van der Waals surface area contributed by atoms with Crippen molar-refractivity contribution in [2.75, 3.05) is 13.6 Å². The van der Waals surface area contributed by atoms with E-state index in [9.17, 15) is 4.79 Å². The van der Waals surface area contributed by atoms with Crippen molar-refractivity contribution in [1.82, 2.24) is 15.2 Å². The number of carbonyl (C=O) groups is 1. The Balaban J connectivity index is 1.87. The van der Waals surface area contributed by atoms with E-state index in [0.29, 0.717) is 6.54 Å². The Labute approximate surface area is 129 Å². The fourth-order valence-electron chi connectivity index (χ4n) is 2.14. The molecule has 2 atom stereocenters. The lowest BCUT2D eigenvalue weighted by molar-refractivity contribution is -0.123. The maximum Gasteiger partial charge on any atom is 0.234 e. The standard InChI is InChI=1S/C16H21N3OS/c1-12(15-7-5-9-21-15)18-16(20)11-19(3)13(2)14-6-4-8-17-10-14/h4-10,12-13H,11H2,1-3H3,(H,18,20)/t12-,13-/m0/s1. The smallest absolute Gasteiger partial charge is 0.234 e. The van der Waals surface area contributed by atoms with E-state index >= 15 is 0 Å². The minimum Gasteiger partial charge on any atom is -0.348 e. The molecule has 21 heavy (non-hydrogen) atoms. The van der Waals surface area contributed by atoms with Gasteiger partial charge in [-0.1, -0.05) is 12.1 Å². The van der Waals surface area contributed by atoms with Gasteiger partial charge in [-0.05, 0) is 44.0 Å². The van der Waals surface area contributed by atoms with E-state index in [4.69, 9.17) is 0 Å². The van der Waals surface area contributed by atoms with Gasteiger partial charge < -0.3 is 5.32 Å². The largest absolute Gasteiger partial charge is 0.348 e. The Hall–Kier alpha value is -1.72. The molecule has 0 spiro atoms. The average Bonchev–Trinajstić information content (AvgIpc) is 3.01. The van der Waals surface area contributed by atoms with E-state index < -0.39 is 0 Å². The first-order chi connectivity index (χ1) is 10.1. The predicted octanol–water partition coefficient (Wildman–Crippen LogP) is 3.01. The highest BCUT2D eigenvalue weighted by Crippen LogP contribution is 2.19. The zero-order valence-corrected chi connectivity index (χ0v) is 13.4. The molecule has 2 rings (SSSR count). The predicted molar refractivity (Wildman–Crippen MR) is 86.2 cm³/mol. The van der Waals surface area contributed by atoms with Crippen molar-refractivity contribution in [2.24, 2.45) is 0 Å². The summed E-state index contributed by atoms with van der Waals surface area (Å²) in [6.45, 7) is 4.45. The van der Waals surface area contributed by atoms with E-state index in [1.54, 1.807) is 17.5 Å². The lowest BCUT2D eigenvalue weighted by Gasteiger charge is -2.25. The number of hydrogen-bond donors (Lipinski definition) is 1. The van der Waals surface area contributed by atoms with Crippen molar-refractivity contribution in [2.45, 2.75) is 25.9 Å². The third kappa shape index (κ3) is 4.37. The molecule has 0 unspecified atom stereocenters. The highest BCUT2D eigenvalue weighted by molar-refractivity contribution is 7.10. The highest BCUT2D eigenvalue weighted by Gasteiger charge is 2.16. The number of pyridine rings is 1. The molecular weight excluding hydrogens is 282 g/mol. The van der Waals surface area contributed by atoms with Crippen LogP contribution >= 0.6 is 11.3 Å². The monoisotopic (exact) mass is 303 g/mol. The van der Waals surface area contributed by atoms with Crippen LogP contribution in [0.25, 0.3) is 0 Å². The van der Waals surface area contributed by atoms with Crippen LogP contribution in [0.5, 0.6) is 0 Å². The maximum absolute atomic E-state index is 12.1. The van der Waals surface area contributed by atoms with Crippen LogP contribution in [0, 0.1) is 0 Å². The van der Waals surface area contributed by atoms with Crippen molar-refractivity contribution >= 4 is 17.2 Å². The van der Waals surface area contributed by atoms with Crippen LogP contribution in [-0.4, -0.2) is 29.4 Å². The average molecular weight is 303 g/mol.